The van der Waals surface area contributed by atoms with Gasteiger partial charge < -0.3 is 0 Å². The smallest absolute Gasteiger partial charge is 0.212 e. The second kappa shape index (κ2) is 10.3. The van der Waals surface area contributed by atoms with Gasteiger partial charge in [0, 0.05) is 5.25 Å². The SMILES string of the molecule is CCCCCCC/C=C/C(=O)SC(C)C. The van der Waals surface area contributed by atoms with E-state index >= 15 is 0 Å². The number of hydrogen-bond donors (Lipinski definition) is 0. The molecule has 0 rings (SSSR count). The third-order valence-electron chi connectivity index (χ3n) is 2.08. The monoisotopic (exact) mass is 228 g/mol. The van der Waals surface area contributed by atoms with Gasteiger partial charge in [-0.2, -0.15) is 0 Å². The van der Waals surface area contributed by atoms with Crippen LogP contribution in [0.1, 0.15) is 59.3 Å². The first-order valence-electron chi connectivity index (χ1n) is 6.04. The highest BCUT2D eigenvalue weighted by atomic mass is 32.2. The predicted molar refractivity (Wildman–Crippen MR) is 70.3 cm³/mol. The molecule has 0 fully saturated rings. The molecule has 0 radical (unpaired) electrons. The van der Waals surface area contributed by atoms with Crippen molar-refractivity contribution in [3.05, 3.63) is 12.2 Å². The fourth-order valence-electron chi connectivity index (χ4n) is 1.32. The van der Waals surface area contributed by atoms with E-state index in [1.165, 1.54) is 43.9 Å². The quantitative estimate of drug-likeness (QED) is 0.447. The zero-order valence-corrected chi connectivity index (χ0v) is 11.1. The van der Waals surface area contributed by atoms with E-state index in [-0.39, 0.29) is 5.12 Å². The molecule has 0 aliphatic heterocycles. The molecule has 0 aromatic heterocycles. The molecule has 0 spiro atoms. The topological polar surface area (TPSA) is 17.1 Å². The fourth-order valence-corrected chi connectivity index (χ4v) is 1.96. The van der Waals surface area contributed by atoms with Gasteiger partial charge in [-0.05, 0) is 18.9 Å². The van der Waals surface area contributed by atoms with Crippen LogP contribution in [-0.4, -0.2) is 10.4 Å². The predicted octanol–water partition coefficient (Wildman–Crippen LogP) is 4.57. The van der Waals surface area contributed by atoms with Crippen molar-refractivity contribution in [3.8, 4) is 0 Å². The van der Waals surface area contributed by atoms with E-state index in [0.717, 1.165) is 6.42 Å². The maximum Gasteiger partial charge on any atom is 0.212 e. The van der Waals surface area contributed by atoms with Crippen LogP contribution < -0.4 is 0 Å². The maximum absolute atomic E-state index is 11.3. The van der Waals surface area contributed by atoms with Crippen LogP contribution in [-0.2, 0) is 4.79 Å². The van der Waals surface area contributed by atoms with Gasteiger partial charge in [0.2, 0.25) is 5.12 Å². The van der Waals surface area contributed by atoms with Crippen molar-refractivity contribution in [2.45, 2.75) is 64.5 Å². The second-order valence-electron chi connectivity index (χ2n) is 4.09. The van der Waals surface area contributed by atoms with Gasteiger partial charge in [0.1, 0.15) is 0 Å². The molecule has 88 valence electrons. The lowest BCUT2D eigenvalue weighted by Gasteiger charge is -1.98. The van der Waals surface area contributed by atoms with E-state index in [1.54, 1.807) is 6.08 Å². The van der Waals surface area contributed by atoms with Gasteiger partial charge in [0.25, 0.3) is 0 Å². The zero-order chi connectivity index (χ0) is 11.5. The molecule has 1 nitrogen and oxygen atoms in total. The molecule has 0 N–H and O–H groups in total. The summed E-state index contributed by atoms with van der Waals surface area (Å²) in [6, 6.07) is 0. The third kappa shape index (κ3) is 11.7. The van der Waals surface area contributed by atoms with Gasteiger partial charge >= 0.3 is 0 Å². The summed E-state index contributed by atoms with van der Waals surface area (Å²) in [5, 5.41) is 0.588. The molecule has 0 aliphatic carbocycles. The molecule has 0 unspecified atom stereocenters. The first-order chi connectivity index (χ1) is 7.16. The van der Waals surface area contributed by atoms with Gasteiger partial charge in [-0.3, -0.25) is 4.79 Å². The van der Waals surface area contributed by atoms with Crippen LogP contribution in [0.15, 0.2) is 12.2 Å². The van der Waals surface area contributed by atoms with Gasteiger partial charge in [0.05, 0.1) is 0 Å². The largest absolute Gasteiger partial charge is 0.282 e. The summed E-state index contributed by atoms with van der Waals surface area (Å²) in [7, 11) is 0. The second-order valence-corrected chi connectivity index (χ2v) is 5.67. The summed E-state index contributed by atoms with van der Waals surface area (Å²) in [6.45, 7) is 6.31. The molecule has 0 aliphatic rings. The van der Waals surface area contributed by atoms with Crippen molar-refractivity contribution in [1.82, 2.24) is 0 Å². The van der Waals surface area contributed by atoms with E-state index in [2.05, 4.69) is 6.92 Å². The van der Waals surface area contributed by atoms with E-state index in [9.17, 15) is 4.79 Å². The highest BCUT2D eigenvalue weighted by molar-refractivity contribution is 8.14. The number of carbonyl (C=O) groups is 1. The minimum Gasteiger partial charge on any atom is -0.282 e. The Morgan fingerprint density at radius 3 is 2.47 bits per heavy atom. The standard InChI is InChI=1S/C13H24OS/c1-4-5-6-7-8-9-10-11-13(14)15-12(2)3/h10-12H,4-9H2,1-3H3/b11-10+. The average molecular weight is 228 g/mol. The van der Waals surface area contributed by atoms with Crippen LogP contribution >= 0.6 is 11.8 Å². The van der Waals surface area contributed by atoms with Crippen LogP contribution in [0.2, 0.25) is 0 Å². The van der Waals surface area contributed by atoms with E-state index < -0.39 is 0 Å². The van der Waals surface area contributed by atoms with Crippen LogP contribution in [0.4, 0.5) is 0 Å². The Bertz CT molecular complexity index is 185. The molecule has 2 heteroatoms. The Labute approximate surface area is 98.7 Å². The fraction of sp³-hybridized carbons (Fsp3) is 0.769. The molecule has 0 aromatic rings. The summed E-state index contributed by atoms with van der Waals surface area (Å²) < 4.78 is 0. The Morgan fingerprint density at radius 2 is 1.87 bits per heavy atom. The van der Waals surface area contributed by atoms with E-state index in [0.29, 0.717) is 5.25 Å². The number of hydrogen-bond acceptors (Lipinski definition) is 2. The first kappa shape index (κ1) is 14.8. The highest BCUT2D eigenvalue weighted by Gasteiger charge is 2.00. The van der Waals surface area contributed by atoms with Crippen molar-refractivity contribution < 1.29 is 4.79 Å². The molecular formula is C13H24OS. The van der Waals surface area contributed by atoms with Gasteiger partial charge in [-0.1, -0.05) is 64.3 Å². The van der Waals surface area contributed by atoms with Crippen LogP contribution in [0, 0.1) is 0 Å². The molecule has 0 saturated heterocycles. The van der Waals surface area contributed by atoms with Crippen molar-refractivity contribution in [2.75, 3.05) is 0 Å². The number of carbonyl (C=O) groups excluding carboxylic acids is 1. The summed E-state index contributed by atoms with van der Waals surface area (Å²) in [4.78, 5) is 11.3. The van der Waals surface area contributed by atoms with Gasteiger partial charge in [0.15, 0.2) is 0 Å². The van der Waals surface area contributed by atoms with Crippen molar-refractivity contribution >= 4 is 16.9 Å². The zero-order valence-electron chi connectivity index (χ0n) is 10.3. The van der Waals surface area contributed by atoms with E-state index in [1.807, 2.05) is 19.9 Å². The Balaban J connectivity index is 3.34. The number of thioether (sulfide) groups is 1. The number of unbranched alkanes of at least 4 members (excludes halogenated alkanes) is 5. The highest BCUT2D eigenvalue weighted by Crippen LogP contribution is 2.11. The Hall–Kier alpha value is -0.240. The lowest BCUT2D eigenvalue weighted by Crippen LogP contribution is -1.93. The van der Waals surface area contributed by atoms with E-state index in [4.69, 9.17) is 0 Å². The lowest BCUT2D eigenvalue weighted by molar-refractivity contribution is -0.107. The number of allylic oxidation sites excluding steroid dienone is 1. The molecule has 0 amide bonds. The molecule has 0 heterocycles. The minimum atomic E-state index is 0.193. The third-order valence-corrected chi connectivity index (χ3v) is 2.92. The molecule has 0 saturated carbocycles. The minimum absolute atomic E-state index is 0.193. The van der Waals surface area contributed by atoms with Gasteiger partial charge in [-0.25, -0.2) is 0 Å². The Morgan fingerprint density at radius 1 is 1.20 bits per heavy atom. The van der Waals surface area contributed by atoms with Crippen molar-refractivity contribution in [1.29, 1.82) is 0 Å². The Kier molecular flexibility index (Phi) is 10.1. The van der Waals surface area contributed by atoms with Crippen LogP contribution in [0.3, 0.4) is 0 Å². The maximum atomic E-state index is 11.3. The average Bonchev–Trinajstić information content (AvgIpc) is 2.15. The molecule has 0 atom stereocenters. The molecule has 0 bridgehead atoms. The molecule has 0 aromatic carbocycles. The molecular weight excluding hydrogens is 204 g/mol. The summed E-state index contributed by atoms with van der Waals surface area (Å²) in [5.41, 5.74) is 0. The van der Waals surface area contributed by atoms with Crippen molar-refractivity contribution in [3.63, 3.8) is 0 Å². The van der Waals surface area contributed by atoms with Gasteiger partial charge in [-0.15, -0.1) is 0 Å². The molecule has 15 heavy (non-hydrogen) atoms. The first-order valence-corrected chi connectivity index (χ1v) is 6.92. The van der Waals surface area contributed by atoms with Crippen LogP contribution in [0.5, 0.6) is 0 Å². The lowest BCUT2D eigenvalue weighted by atomic mass is 10.1. The summed E-state index contributed by atoms with van der Waals surface area (Å²) in [5.74, 6) is 0. The number of rotatable bonds is 8. The summed E-state index contributed by atoms with van der Waals surface area (Å²) >= 11 is 1.40. The van der Waals surface area contributed by atoms with Crippen LogP contribution in [0.25, 0.3) is 0 Å². The van der Waals surface area contributed by atoms with Crippen molar-refractivity contribution in [2.24, 2.45) is 0 Å². The normalized spacial score (nSPS) is 11.5. The summed E-state index contributed by atoms with van der Waals surface area (Å²) in [6.07, 6.45) is 11.3.